The van der Waals surface area contributed by atoms with Crippen molar-refractivity contribution < 1.29 is 0 Å². The van der Waals surface area contributed by atoms with Crippen LogP contribution in [0.25, 0.3) is 0 Å². The van der Waals surface area contributed by atoms with E-state index in [1.807, 2.05) is 0 Å². The minimum absolute atomic E-state index is 0.771. The summed E-state index contributed by atoms with van der Waals surface area (Å²) in [6, 6.07) is 0. The molecule has 0 spiro atoms. The van der Waals surface area contributed by atoms with Crippen LogP contribution in [-0.2, 0) is 0 Å². The van der Waals surface area contributed by atoms with Crippen molar-refractivity contribution in [1.82, 2.24) is 0 Å². The Hall–Kier alpha value is 0.430. The zero-order valence-electron chi connectivity index (χ0n) is 19.3. The van der Waals surface area contributed by atoms with Crippen molar-refractivity contribution in [3.8, 4) is 0 Å². The Bertz CT molecular complexity index is 253. The fourth-order valence-corrected chi connectivity index (χ4v) is 5.22. The topological polar surface area (TPSA) is 0 Å². The molecule has 0 saturated heterocycles. The molecular formula is C25H55P. The molecule has 0 saturated carbocycles. The van der Waals surface area contributed by atoms with Crippen molar-refractivity contribution in [2.24, 2.45) is 0 Å². The van der Waals surface area contributed by atoms with Crippen LogP contribution >= 0.6 is 7.26 Å². The van der Waals surface area contributed by atoms with Gasteiger partial charge in [-0.05, 0) is 0 Å². The van der Waals surface area contributed by atoms with E-state index < -0.39 is 7.26 Å². The summed E-state index contributed by atoms with van der Waals surface area (Å²) in [4.78, 5) is 0. The fraction of sp³-hybridized carbons (Fsp3) is 1.00. The minimum atomic E-state index is -0.771. The van der Waals surface area contributed by atoms with Crippen LogP contribution in [0.15, 0.2) is 0 Å². The molecule has 0 atom stereocenters. The number of hydrogen-bond acceptors (Lipinski definition) is 0. The van der Waals surface area contributed by atoms with Gasteiger partial charge in [0.1, 0.15) is 0 Å². The van der Waals surface area contributed by atoms with Crippen LogP contribution < -0.4 is 0 Å². The van der Waals surface area contributed by atoms with Gasteiger partial charge in [-0.25, -0.2) is 0 Å². The van der Waals surface area contributed by atoms with Crippen molar-refractivity contribution in [2.75, 3.05) is 26.2 Å². The zero-order valence-corrected chi connectivity index (χ0v) is 20.3. The first-order valence-electron chi connectivity index (χ1n) is 12.6. The Morgan fingerprint density at radius 2 is 0.577 bits per heavy atom. The summed E-state index contributed by atoms with van der Waals surface area (Å²) in [6.07, 6.45) is 31.2. The Balaban J connectivity index is 3.01. The van der Waals surface area contributed by atoms with Gasteiger partial charge in [0.25, 0.3) is 0 Å². The van der Waals surface area contributed by atoms with Gasteiger partial charge in [-0.15, -0.1) is 0 Å². The molecule has 0 N–H and O–H groups in total. The molecule has 160 valence electrons. The fourth-order valence-electron chi connectivity index (χ4n) is 3.91. The van der Waals surface area contributed by atoms with Gasteiger partial charge in [0.15, 0.2) is 0 Å². The molecule has 0 rings (SSSR count). The van der Waals surface area contributed by atoms with Crippen LogP contribution in [0.5, 0.6) is 0 Å². The van der Waals surface area contributed by atoms with E-state index in [-0.39, 0.29) is 0 Å². The van der Waals surface area contributed by atoms with Crippen molar-refractivity contribution in [2.45, 2.75) is 135 Å². The molecule has 1 heteroatoms. The molecule has 0 heterocycles. The molecule has 0 aliphatic rings. The quantitative estimate of drug-likeness (QED) is 0.136. The van der Waals surface area contributed by atoms with E-state index in [1.54, 1.807) is 0 Å². The maximum absolute atomic E-state index is 2.50. The molecule has 0 unspecified atom stereocenters. The molecule has 0 amide bonds. The molecule has 26 heavy (non-hydrogen) atoms. The third kappa shape index (κ3) is 24.4. The maximum atomic E-state index is 2.50. The summed E-state index contributed by atoms with van der Waals surface area (Å²) in [5.41, 5.74) is 0. The van der Waals surface area contributed by atoms with E-state index in [2.05, 4.69) is 26.9 Å². The molecule has 0 aromatic rings. The summed E-state index contributed by atoms with van der Waals surface area (Å²) in [5, 5.41) is 0. The SMILES string of the molecule is CCCCCCCCCCCCCCCCCCCCCC[PH](C)(C)C. The van der Waals surface area contributed by atoms with Crippen LogP contribution in [-0.4, -0.2) is 26.2 Å². The predicted octanol–water partition coefficient (Wildman–Crippen LogP) is 9.45. The monoisotopic (exact) mass is 386 g/mol. The van der Waals surface area contributed by atoms with E-state index in [0.717, 1.165) is 0 Å². The second-order valence-electron chi connectivity index (χ2n) is 10.0. The van der Waals surface area contributed by atoms with Gasteiger partial charge in [-0.3, -0.25) is 0 Å². The molecule has 0 fully saturated rings. The van der Waals surface area contributed by atoms with Crippen molar-refractivity contribution in [3.05, 3.63) is 0 Å². The van der Waals surface area contributed by atoms with Crippen molar-refractivity contribution >= 4 is 7.26 Å². The summed E-state index contributed by atoms with van der Waals surface area (Å²) in [5.74, 6) is 0. The van der Waals surface area contributed by atoms with Crippen LogP contribution in [0.2, 0.25) is 0 Å². The van der Waals surface area contributed by atoms with Gasteiger partial charge >= 0.3 is 104 Å². The molecule has 0 aromatic carbocycles. The number of hydrogen-bond donors (Lipinski definition) is 0. The number of rotatable bonds is 21. The first-order chi connectivity index (χ1) is 12.6. The van der Waals surface area contributed by atoms with Gasteiger partial charge in [-0.1, -0.05) is 64.7 Å². The van der Waals surface area contributed by atoms with Gasteiger partial charge in [0.05, 0.1) is 0 Å². The van der Waals surface area contributed by atoms with Crippen LogP contribution in [0.1, 0.15) is 135 Å². The van der Waals surface area contributed by atoms with Crippen molar-refractivity contribution in [3.63, 3.8) is 0 Å². The third-order valence-corrected chi connectivity index (χ3v) is 7.63. The van der Waals surface area contributed by atoms with E-state index in [1.165, 1.54) is 135 Å². The normalized spacial score (nSPS) is 12.6. The summed E-state index contributed by atoms with van der Waals surface area (Å²) in [7, 11) is -0.771. The zero-order chi connectivity index (χ0) is 19.3. The molecule has 0 aliphatic heterocycles. The molecule has 0 radical (unpaired) electrons. The molecule has 0 nitrogen and oxygen atoms in total. The molecule has 0 bridgehead atoms. The third-order valence-electron chi connectivity index (χ3n) is 5.78. The Kier molecular flexibility index (Phi) is 20.5. The average Bonchev–Trinajstić information content (AvgIpc) is 2.59. The van der Waals surface area contributed by atoms with E-state index >= 15 is 0 Å². The Morgan fingerprint density at radius 3 is 0.808 bits per heavy atom. The van der Waals surface area contributed by atoms with E-state index in [9.17, 15) is 0 Å². The molecule has 0 aliphatic carbocycles. The van der Waals surface area contributed by atoms with Gasteiger partial charge in [-0.2, -0.15) is 0 Å². The van der Waals surface area contributed by atoms with Crippen LogP contribution in [0.3, 0.4) is 0 Å². The van der Waals surface area contributed by atoms with Gasteiger partial charge in [0.2, 0.25) is 0 Å². The Morgan fingerprint density at radius 1 is 0.346 bits per heavy atom. The van der Waals surface area contributed by atoms with E-state index in [0.29, 0.717) is 0 Å². The van der Waals surface area contributed by atoms with Gasteiger partial charge in [0, 0.05) is 0 Å². The second-order valence-corrected chi connectivity index (χ2v) is 15.6. The Labute approximate surface area is 169 Å². The van der Waals surface area contributed by atoms with Gasteiger partial charge < -0.3 is 0 Å². The number of unbranched alkanes of at least 4 members (excludes halogenated alkanes) is 19. The molecular weight excluding hydrogens is 331 g/mol. The first kappa shape index (κ1) is 26.4. The second kappa shape index (κ2) is 20.2. The predicted molar refractivity (Wildman–Crippen MR) is 129 cm³/mol. The standard InChI is InChI=1S/C25H55P/c1-5-6-7-8-9-10-11-12-13-14-15-16-17-18-19-20-21-22-23-24-25-26(2,3)4/h26H,5-25H2,1-4H3. The average molecular weight is 387 g/mol. The first-order valence-corrected chi connectivity index (χ1v) is 16.3. The summed E-state index contributed by atoms with van der Waals surface area (Å²) in [6.45, 7) is 9.81. The molecule has 0 aromatic heterocycles. The summed E-state index contributed by atoms with van der Waals surface area (Å²) < 4.78 is 0. The van der Waals surface area contributed by atoms with Crippen LogP contribution in [0, 0.1) is 0 Å². The van der Waals surface area contributed by atoms with Crippen LogP contribution in [0.4, 0.5) is 0 Å². The summed E-state index contributed by atoms with van der Waals surface area (Å²) >= 11 is 0. The van der Waals surface area contributed by atoms with Crippen molar-refractivity contribution in [1.29, 1.82) is 0 Å². The van der Waals surface area contributed by atoms with E-state index in [4.69, 9.17) is 0 Å².